The summed E-state index contributed by atoms with van der Waals surface area (Å²) in [6, 6.07) is 0. The van der Waals surface area contributed by atoms with Crippen LogP contribution in [0.1, 0.15) is 16.6 Å². The molecule has 12 heavy (non-hydrogen) atoms. The summed E-state index contributed by atoms with van der Waals surface area (Å²) < 4.78 is 0. The molecule has 0 aromatic carbocycles. The summed E-state index contributed by atoms with van der Waals surface area (Å²) in [6.45, 7) is 1.89. The van der Waals surface area contributed by atoms with Gasteiger partial charge in [-0.2, -0.15) is 0 Å². The molecule has 0 aliphatic heterocycles. The Morgan fingerprint density at radius 3 is 3.17 bits per heavy atom. The van der Waals surface area contributed by atoms with Crippen LogP contribution in [0.3, 0.4) is 0 Å². The number of aliphatic hydroxyl groups is 1. The van der Waals surface area contributed by atoms with Crippen LogP contribution in [0, 0.1) is 0 Å². The summed E-state index contributed by atoms with van der Waals surface area (Å²) in [5.74, 6) is -0.182. The number of aliphatic hydroxyl groups excluding tert-OH is 1. The second-order valence-electron chi connectivity index (χ2n) is 2.42. The number of hydrogen-bond donors (Lipinski definition) is 2. The minimum absolute atomic E-state index is 0.182. The van der Waals surface area contributed by atoms with Crippen LogP contribution in [-0.4, -0.2) is 28.6 Å². The predicted octanol–water partition coefficient (Wildman–Crippen LogP) is 0.254. The van der Waals surface area contributed by atoms with Gasteiger partial charge in [-0.15, -0.1) is 11.3 Å². The Bertz CT molecular complexity index is 246. The lowest BCUT2D eigenvalue weighted by atomic mass is 10.4. The molecule has 4 nitrogen and oxygen atoms in total. The molecule has 2 N–H and O–H groups in total. The van der Waals surface area contributed by atoms with Crippen molar-refractivity contribution >= 4 is 17.2 Å². The smallest absolute Gasteiger partial charge is 0.263 e. The molecule has 0 saturated heterocycles. The van der Waals surface area contributed by atoms with E-state index in [1.165, 1.54) is 17.5 Å². The van der Waals surface area contributed by atoms with Crippen LogP contribution < -0.4 is 5.32 Å². The monoisotopic (exact) mass is 186 g/mol. The van der Waals surface area contributed by atoms with Crippen molar-refractivity contribution in [2.45, 2.75) is 13.0 Å². The molecule has 5 heteroatoms. The summed E-state index contributed by atoms with van der Waals surface area (Å²) in [5, 5.41) is 11.4. The second-order valence-corrected chi connectivity index (χ2v) is 3.31. The van der Waals surface area contributed by atoms with Crippen LogP contribution in [-0.2, 0) is 0 Å². The lowest BCUT2D eigenvalue weighted by molar-refractivity contribution is 0.0928. The summed E-state index contributed by atoms with van der Waals surface area (Å²) in [4.78, 5) is 15.5. The van der Waals surface area contributed by atoms with Crippen molar-refractivity contribution in [3.63, 3.8) is 0 Å². The highest BCUT2D eigenvalue weighted by Crippen LogP contribution is 2.04. The first-order chi connectivity index (χ1) is 5.70. The number of nitrogens with zero attached hydrogens (tertiary/aromatic N) is 1. The summed E-state index contributed by atoms with van der Waals surface area (Å²) in [6.07, 6.45) is 0.990. The van der Waals surface area contributed by atoms with Crippen LogP contribution in [0.4, 0.5) is 0 Å². The number of thiazole rings is 1. The van der Waals surface area contributed by atoms with Crippen LogP contribution in [0.25, 0.3) is 0 Å². The van der Waals surface area contributed by atoms with Crippen molar-refractivity contribution < 1.29 is 9.90 Å². The van der Waals surface area contributed by atoms with Gasteiger partial charge in [-0.1, -0.05) is 0 Å². The summed E-state index contributed by atoms with van der Waals surface area (Å²) >= 11 is 1.28. The van der Waals surface area contributed by atoms with Gasteiger partial charge in [0.25, 0.3) is 5.91 Å². The Morgan fingerprint density at radius 2 is 2.67 bits per heavy atom. The molecule has 1 aromatic heterocycles. The van der Waals surface area contributed by atoms with E-state index in [2.05, 4.69) is 10.3 Å². The van der Waals surface area contributed by atoms with E-state index in [1.54, 1.807) is 12.4 Å². The van der Waals surface area contributed by atoms with Gasteiger partial charge in [0, 0.05) is 6.54 Å². The first-order valence-corrected chi connectivity index (χ1v) is 4.43. The maximum Gasteiger partial charge on any atom is 0.263 e. The normalized spacial score (nSPS) is 12.5. The van der Waals surface area contributed by atoms with E-state index >= 15 is 0 Å². The Morgan fingerprint density at radius 1 is 1.92 bits per heavy atom. The third-order valence-corrected chi connectivity index (χ3v) is 1.99. The van der Waals surface area contributed by atoms with Crippen LogP contribution in [0.15, 0.2) is 11.7 Å². The van der Waals surface area contributed by atoms with Crippen molar-refractivity contribution in [2.75, 3.05) is 6.54 Å². The number of carbonyl (C=O) groups excluding carboxylic acids is 1. The first kappa shape index (κ1) is 9.15. The molecule has 1 aromatic rings. The minimum Gasteiger partial charge on any atom is -0.392 e. The molecule has 0 saturated carbocycles. The zero-order valence-corrected chi connectivity index (χ0v) is 7.47. The highest BCUT2D eigenvalue weighted by Gasteiger charge is 2.06. The molecular weight excluding hydrogens is 176 g/mol. The van der Waals surface area contributed by atoms with E-state index in [0.717, 1.165) is 0 Å². The molecule has 1 atom stereocenters. The van der Waals surface area contributed by atoms with Gasteiger partial charge in [0.15, 0.2) is 0 Å². The van der Waals surface area contributed by atoms with Gasteiger partial charge in [0.2, 0.25) is 0 Å². The molecular formula is C7H10N2O2S. The van der Waals surface area contributed by atoms with Crippen LogP contribution in [0.5, 0.6) is 0 Å². The molecule has 1 heterocycles. The summed E-state index contributed by atoms with van der Waals surface area (Å²) in [5.41, 5.74) is 1.59. The molecule has 1 rings (SSSR count). The van der Waals surface area contributed by atoms with E-state index in [1.807, 2.05) is 0 Å². The Balaban J connectivity index is 2.40. The van der Waals surface area contributed by atoms with Gasteiger partial charge >= 0.3 is 0 Å². The fourth-order valence-electron chi connectivity index (χ4n) is 0.655. The third-order valence-electron chi connectivity index (χ3n) is 1.21. The first-order valence-electron chi connectivity index (χ1n) is 3.55. The largest absolute Gasteiger partial charge is 0.392 e. The minimum atomic E-state index is -0.512. The third kappa shape index (κ3) is 2.60. The molecule has 66 valence electrons. The van der Waals surface area contributed by atoms with E-state index in [0.29, 0.717) is 4.88 Å². The highest BCUT2D eigenvalue weighted by atomic mass is 32.1. The molecule has 0 unspecified atom stereocenters. The number of nitrogens with one attached hydrogen (secondary N) is 1. The van der Waals surface area contributed by atoms with Gasteiger partial charge in [-0.25, -0.2) is 0 Å². The lowest BCUT2D eigenvalue weighted by Gasteiger charge is -2.04. The van der Waals surface area contributed by atoms with Crippen molar-refractivity contribution in [1.82, 2.24) is 10.3 Å². The van der Waals surface area contributed by atoms with Gasteiger partial charge in [-0.3, -0.25) is 9.78 Å². The molecule has 0 aliphatic rings. The van der Waals surface area contributed by atoms with Crippen LogP contribution >= 0.6 is 11.3 Å². The Hall–Kier alpha value is -0.940. The van der Waals surface area contributed by atoms with Crippen molar-refractivity contribution in [3.05, 3.63) is 16.6 Å². The molecule has 1 amide bonds. The molecule has 0 bridgehead atoms. The lowest BCUT2D eigenvalue weighted by Crippen LogP contribution is -2.29. The number of aromatic nitrogens is 1. The van der Waals surface area contributed by atoms with Gasteiger partial charge in [0.1, 0.15) is 4.88 Å². The second kappa shape index (κ2) is 4.18. The average molecular weight is 186 g/mol. The maximum absolute atomic E-state index is 11.2. The number of amides is 1. The predicted molar refractivity (Wildman–Crippen MR) is 46.1 cm³/mol. The zero-order chi connectivity index (χ0) is 8.97. The summed E-state index contributed by atoms with van der Waals surface area (Å²) in [7, 11) is 0. The number of rotatable bonds is 3. The standard InChI is InChI=1S/C7H10N2O2S/c1-5(10)2-9-7(11)6-3-8-4-12-6/h3-5,10H,2H2,1H3,(H,9,11)/t5-/m0/s1. The molecule has 0 spiro atoms. The van der Waals surface area contributed by atoms with Gasteiger partial charge < -0.3 is 10.4 Å². The fraction of sp³-hybridized carbons (Fsp3) is 0.429. The SMILES string of the molecule is C[C@H](O)CNC(=O)c1cncs1. The number of carbonyl (C=O) groups is 1. The van der Waals surface area contributed by atoms with Crippen molar-refractivity contribution in [1.29, 1.82) is 0 Å². The van der Waals surface area contributed by atoms with Crippen molar-refractivity contribution in [2.24, 2.45) is 0 Å². The van der Waals surface area contributed by atoms with E-state index < -0.39 is 6.10 Å². The van der Waals surface area contributed by atoms with E-state index in [4.69, 9.17) is 5.11 Å². The highest BCUT2D eigenvalue weighted by molar-refractivity contribution is 7.11. The van der Waals surface area contributed by atoms with E-state index in [9.17, 15) is 4.79 Å². The number of hydrogen-bond acceptors (Lipinski definition) is 4. The zero-order valence-electron chi connectivity index (χ0n) is 6.65. The van der Waals surface area contributed by atoms with E-state index in [-0.39, 0.29) is 12.5 Å². The topological polar surface area (TPSA) is 62.2 Å². The van der Waals surface area contributed by atoms with Crippen molar-refractivity contribution in [3.8, 4) is 0 Å². The van der Waals surface area contributed by atoms with Gasteiger partial charge in [-0.05, 0) is 6.92 Å². The quantitative estimate of drug-likeness (QED) is 0.711. The van der Waals surface area contributed by atoms with Gasteiger partial charge in [0.05, 0.1) is 17.8 Å². The fourth-order valence-corrected chi connectivity index (χ4v) is 1.19. The molecule has 0 fully saturated rings. The maximum atomic E-state index is 11.2. The Labute approximate surface area is 74.3 Å². The van der Waals surface area contributed by atoms with Crippen LogP contribution in [0.2, 0.25) is 0 Å². The molecule has 0 aliphatic carbocycles. The average Bonchev–Trinajstić information content (AvgIpc) is 2.51. The molecule has 0 radical (unpaired) electrons. The Kier molecular flexibility index (Phi) is 3.19.